The first-order valence-electron chi connectivity index (χ1n) is 5.20. The number of hydrogen-bond acceptors (Lipinski definition) is 2. The van der Waals surface area contributed by atoms with Crippen LogP contribution in [-0.4, -0.2) is 30.6 Å². The maximum Gasteiger partial charge on any atom is 0.0107 e. The molecule has 72 valence electrons. The Kier molecular flexibility index (Phi) is 4.02. The van der Waals surface area contributed by atoms with Crippen LogP contribution in [0.3, 0.4) is 0 Å². The van der Waals surface area contributed by atoms with Gasteiger partial charge < -0.3 is 10.6 Å². The first-order chi connectivity index (χ1) is 5.74. The van der Waals surface area contributed by atoms with Gasteiger partial charge in [0, 0.05) is 12.1 Å². The average Bonchev–Trinajstić information content (AvgIpc) is 2.47. The lowest BCUT2D eigenvalue weighted by atomic mass is 10.2. The molecule has 0 spiro atoms. The van der Waals surface area contributed by atoms with Crippen molar-refractivity contribution in [2.75, 3.05) is 13.6 Å². The van der Waals surface area contributed by atoms with Gasteiger partial charge in [-0.3, -0.25) is 0 Å². The smallest absolute Gasteiger partial charge is 0.0107 e. The molecule has 2 N–H and O–H groups in total. The predicted octanol–water partition coefficient (Wildman–Crippen LogP) is 1.60. The molecule has 0 bridgehead atoms. The number of rotatable bonds is 4. The normalized spacial score (nSPS) is 30.0. The number of unbranched alkanes of at least 4 members (excludes halogenated alkanes) is 1. The average molecular weight is 170 g/mol. The van der Waals surface area contributed by atoms with Crippen molar-refractivity contribution in [1.82, 2.24) is 4.90 Å². The molecule has 0 aliphatic heterocycles. The lowest BCUT2D eigenvalue weighted by molar-refractivity contribution is 0.240. The van der Waals surface area contributed by atoms with E-state index < -0.39 is 0 Å². The highest BCUT2D eigenvalue weighted by Gasteiger charge is 2.24. The van der Waals surface area contributed by atoms with Crippen molar-refractivity contribution in [3.8, 4) is 0 Å². The number of nitrogens with two attached hydrogens (primary N) is 1. The van der Waals surface area contributed by atoms with Gasteiger partial charge in [0.15, 0.2) is 0 Å². The molecule has 2 unspecified atom stereocenters. The highest BCUT2D eigenvalue weighted by molar-refractivity contribution is 4.83. The van der Waals surface area contributed by atoms with Crippen LogP contribution in [0.15, 0.2) is 0 Å². The molecular formula is C10H22N2. The molecule has 1 fully saturated rings. The highest BCUT2D eigenvalue weighted by Crippen LogP contribution is 2.21. The summed E-state index contributed by atoms with van der Waals surface area (Å²) in [6, 6.07) is 1.24. The molecule has 0 saturated heterocycles. The second kappa shape index (κ2) is 4.83. The van der Waals surface area contributed by atoms with E-state index >= 15 is 0 Å². The Bertz CT molecular complexity index is 125. The summed E-state index contributed by atoms with van der Waals surface area (Å²) < 4.78 is 0. The molecule has 0 radical (unpaired) electrons. The van der Waals surface area contributed by atoms with Crippen LogP contribution in [0.5, 0.6) is 0 Å². The van der Waals surface area contributed by atoms with Crippen LogP contribution in [0, 0.1) is 0 Å². The molecule has 2 atom stereocenters. The van der Waals surface area contributed by atoms with Crippen molar-refractivity contribution < 1.29 is 0 Å². The van der Waals surface area contributed by atoms with Gasteiger partial charge in [0.2, 0.25) is 0 Å². The zero-order valence-corrected chi connectivity index (χ0v) is 8.42. The van der Waals surface area contributed by atoms with Crippen LogP contribution in [-0.2, 0) is 0 Å². The lowest BCUT2D eigenvalue weighted by Crippen LogP contribution is -2.31. The monoisotopic (exact) mass is 170 g/mol. The lowest BCUT2D eigenvalue weighted by Gasteiger charge is -2.23. The van der Waals surface area contributed by atoms with Crippen LogP contribution in [0.4, 0.5) is 0 Å². The molecule has 1 rings (SSSR count). The fourth-order valence-corrected chi connectivity index (χ4v) is 1.98. The van der Waals surface area contributed by atoms with Crippen molar-refractivity contribution in [3.63, 3.8) is 0 Å². The Balaban J connectivity index is 2.18. The summed E-state index contributed by atoms with van der Waals surface area (Å²) in [6.07, 6.45) is 6.36. The Hall–Kier alpha value is -0.0800. The number of nitrogens with zero attached hydrogens (tertiary/aromatic N) is 1. The van der Waals surface area contributed by atoms with Crippen LogP contribution >= 0.6 is 0 Å². The minimum absolute atomic E-state index is 0.471. The fraction of sp³-hybridized carbons (Fsp3) is 1.00. The van der Waals surface area contributed by atoms with E-state index in [1.807, 2.05) is 0 Å². The number of hydrogen-bond donors (Lipinski definition) is 1. The molecule has 1 aliphatic carbocycles. The van der Waals surface area contributed by atoms with Gasteiger partial charge in [0.1, 0.15) is 0 Å². The van der Waals surface area contributed by atoms with Gasteiger partial charge in [-0.15, -0.1) is 0 Å². The van der Waals surface area contributed by atoms with Gasteiger partial charge in [-0.25, -0.2) is 0 Å². The maximum absolute atomic E-state index is 5.86. The van der Waals surface area contributed by atoms with Crippen molar-refractivity contribution in [3.05, 3.63) is 0 Å². The standard InChI is InChI=1S/C10H22N2/c1-3-4-7-12(2)10-6-5-9(11)8-10/h9-10H,3-8,11H2,1-2H3. The largest absolute Gasteiger partial charge is 0.328 e. The van der Waals surface area contributed by atoms with Gasteiger partial charge in [-0.1, -0.05) is 13.3 Å². The van der Waals surface area contributed by atoms with Gasteiger partial charge in [-0.2, -0.15) is 0 Å². The molecular weight excluding hydrogens is 148 g/mol. The summed E-state index contributed by atoms with van der Waals surface area (Å²) in [6.45, 7) is 3.49. The van der Waals surface area contributed by atoms with Crippen LogP contribution < -0.4 is 5.73 Å². The van der Waals surface area contributed by atoms with E-state index in [1.165, 1.54) is 38.6 Å². The Labute approximate surface area is 76.1 Å². The van der Waals surface area contributed by atoms with Crippen LogP contribution in [0.2, 0.25) is 0 Å². The Morgan fingerprint density at radius 3 is 2.67 bits per heavy atom. The van der Waals surface area contributed by atoms with E-state index in [-0.39, 0.29) is 0 Å². The molecule has 0 aromatic carbocycles. The third-order valence-corrected chi connectivity index (χ3v) is 2.93. The Morgan fingerprint density at radius 1 is 1.42 bits per heavy atom. The summed E-state index contributed by atoms with van der Waals surface area (Å²) >= 11 is 0. The first kappa shape index (κ1) is 10.0. The molecule has 0 aromatic heterocycles. The van der Waals surface area contributed by atoms with Crippen molar-refractivity contribution in [2.24, 2.45) is 5.73 Å². The topological polar surface area (TPSA) is 29.3 Å². The summed E-state index contributed by atoms with van der Waals surface area (Å²) in [5, 5.41) is 0. The second-order valence-electron chi connectivity index (χ2n) is 4.06. The molecule has 1 saturated carbocycles. The summed E-state index contributed by atoms with van der Waals surface area (Å²) in [5.74, 6) is 0. The van der Waals surface area contributed by atoms with E-state index in [4.69, 9.17) is 5.73 Å². The van der Waals surface area contributed by atoms with E-state index in [9.17, 15) is 0 Å². The summed E-state index contributed by atoms with van der Waals surface area (Å²) in [5.41, 5.74) is 5.86. The van der Waals surface area contributed by atoms with Crippen molar-refractivity contribution in [1.29, 1.82) is 0 Å². The quantitative estimate of drug-likeness (QED) is 0.694. The van der Waals surface area contributed by atoms with Gasteiger partial charge in [0.25, 0.3) is 0 Å². The SMILES string of the molecule is CCCCN(C)C1CCC(N)C1. The summed E-state index contributed by atoms with van der Waals surface area (Å²) in [7, 11) is 2.23. The van der Waals surface area contributed by atoms with Crippen LogP contribution in [0.1, 0.15) is 39.0 Å². The Morgan fingerprint density at radius 2 is 2.17 bits per heavy atom. The predicted molar refractivity (Wildman–Crippen MR) is 53.2 cm³/mol. The molecule has 12 heavy (non-hydrogen) atoms. The molecule has 0 aromatic rings. The van der Waals surface area contributed by atoms with Crippen molar-refractivity contribution in [2.45, 2.75) is 51.1 Å². The first-order valence-corrected chi connectivity index (χ1v) is 5.20. The zero-order chi connectivity index (χ0) is 8.97. The molecule has 0 amide bonds. The van der Waals surface area contributed by atoms with E-state index in [2.05, 4.69) is 18.9 Å². The van der Waals surface area contributed by atoms with Gasteiger partial charge >= 0.3 is 0 Å². The zero-order valence-electron chi connectivity index (χ0n) is 8.42. The van der Waals surface area contributed by atoms with E-state index in [0.717, 1.165) is 6.04 Å². The van der Waals surface area contributed by atoms with Gasteiger partial charge in [0.05, 0.1) is 0 Å². The minimum Gasteiger partial charge on any atom is -0.328 e. The van der Waals surface area contributed by atoms with E-state index in [1.54, 1.807) is 0 Å². The molecule has 2 nitrogen and oxygen atoms in total. The third kappa shape index (κ3) is 2.76. The fourth-order valence-electron chi connectivity index (χ4n) is 1.98. The van der Waals surface area contributed by atoms with Crippen LogP contribution in [0.25, 0.3) is 0 Å². The molecule has 2 heteroatoms. The molecule has 0 heterocycles. The highest BCUT2D eigenvalue weighted by atomic mass is 15.1. The third-order valence-electron chi connectivity index (χ3n) is 2.93. The van der Waals surface area contributed by atoms with Crippen molar-refractivity contribution >= 4 is 0 Å². The van der Waals surface area contributed by atoms with E-state index in [0.29, 0.717) is 6.04 Å². The molecule has 1 aliphatic rings. The summed E-state index contributed by atoms with van der Waals surface area (Å²) in [4.78, 5) is 2.48. The van der Waals surface area contributed by atoms with Gasteiger partial charge in [-0.05, 0) is 39.3 Å². The second-order valence-corrected chi connectivity index (χ2v) is 4.06. The minimum atomic E-state index is 0.471. The maximum atomic E-state index is 5.86.